The molecule has 5 heteroatoms. The average Bonchev–Trinajstić information content (AvgIpc) is 2.34. The highest BCUT2D eigenvalue weighted by Crippen LogP contribution is 2.33. The van der Waals surface area contributed by atoms with Crippen molar-refractivity contribution in [3.05, 3.63) is 18.2 Å². The molecule has 1 aliphatic heterocycles. The fourth-order valence-electron chi connectivity index (χ4n) is 1.64. The normalized spacial score (nSPS) is 14.2. The lowest BCUT2D eigenvalue weighted by Crippen LogP contribution is -2.35. The van der Waals surface area contributed by atoms with Crippen LogP contribution in [0.5, 0.6) is 5.75 Å². The molecule has 0 aromatic heterocycles. The number of carbonyl (C=O) groups is 2. The van der Waals surface area contributed by atoms with Gasteiger partial charge in [-0.25, -0.2) is 0 Å². The van der Waals surface area contributed by atoms with Gasteiger partial charge in [0.15, 0.2) is 6.61 Å². The summed E-state index contributed by atoms with van der Waals surface area (Å²) in [6, 6.07) is 5.26. The zero-order chi connectivity index (χ0) is 13.3. The summed E-state index contributed by atoms with van der Waals surface area (Å²) in [5.74, 6) is 0.404. The Morgan fingerprint density at radius 1 is 1.44 bits per heavy atom. The van der Waals surface area contributed by atoms with E-state index in [2.05, 4.69) is 5.32 Å². The van der Waals surface area contributed by atoms with Crippen LogP contribution in [-0.4, -0.2) is 25.5 Å². The molecule has 0 bridgehead atoms. The van der Waals surface area contributed by atoms with Gasteiger partial charge < -0.3 is 15.0 Å². The maximum Gasteiger partial charge on any atom is 0.264 e. The lowest BCUT2D eigenvalue weighted by Gasteiger charge is -2.26. The number of fused-ring (bicyclic) bond motifs is 1. The van der Waals surface area contributed by atoms with Crippen LogP contribution in [-0.2, 0) is 9.59 Å². The molecule has 0 unspecified atom stereocenters. The third-order valence-corrected chi connectivity index (χ3v) is 2.84. The molecular weight excluding hydrogens is 232 g/mol. The zero-order valence-electron chi connectivity index (χ0n) is 10.7. The van der Waals surface area contributed by atoms with Crippen molar-refractivity contribution in [2.75, 3.05) is 23.9 Å². The molecule has 0 atom stereocenters. The highest BCUT2D eigenvalue weighted by Gasteiger charge is 2.22. The number of nitrogens with zero attached hydrogens (tertiary/aromatic N) is 1. The molecule has 96 valence electrons. The molecule has 0 saturated carbocycles. The van der Waals surface area contributed by atoms with Gasteiger partial charge in [-0.15, -0.1) is 0 Å². The first-order valence-corrected chi connectivity index (χ1v) is 5.83. The molecule has 1 aromatic carbocycles. The van der Waals surface area contributed by atoms with Crippen molar-refractivity contribution >= 4 is 23.2 Å². The topological polar surface area (TPSA) is 58.6 Å². The summed E-state index contributed by atoms with van der Waals surface area (Å²) in [7, 11) is 1.70. The smallest absolute Gasteiger partial charge is 0.264 e. The first kappa shape index (κ1) is 12.4. The zero-order valence-corrected chi connectivity index (χ0v) is 10.7. The SMILES string of the molecule is CC(C)C(=O)Nc1ccc2c(c1)OCC(=O)N2C. The molecule has 2 amide bonds. The Hall–Kier alpha value is -2.04. The molecule has 1 aliphatic rings. The Morgan fingerprint density at radius 3 is 2.83 bits per heavy atom. The highest BCUT2D eigenvalue weighted by molar-refractivity contribution is 5.98. The third kappa shape index (κ3) is 2.30. The number of hydrogen-bond donors (Lipinski definition) is 1. The number of anilines is 2. The van der Waals surface area contributed by atoms with Gasteiger partial charge in [0.25, 0.3) is 5.91 Å². The van der Waals surface area contributed by atoms with Crippen molar-refractivity contribution < 1.29 is 14.3 Å². The predicted molar refractivity (Wildman–Crippen MR) is 68.8 cm³/mol. The Balaban J connectivity index is 2.23. The third-order valence-electron chi connectivity index (χ3n) is 2.84. The van der Waals surface area contributed by atoms with E-state index in [9.17, 15) is 9.59 Å². The van der Waals surface area contributed by atoms with E-state index < -0.39 is 0 Å². The van der Waals surface area contributed by atoms with Gasteiger partial charge in [0.1, 0.15) is 5.75 Å². The lowest BCUT2D eigenvalue weighted by molar-refractivity contribution is -0.121. The van der Waals surface area contributed by atoms with Crippen LogP contribution in [0.25, 0.3) is 0 Å². The van der Waals surface area contributed by atoms with E-state index in [1.807, 2.05) is 13.8 Å². The van der Waals surface area contributed by atoms with Gasteiger partial charge in [-0.1, -0.05) is 13.8 Å². The summed E-state index contributed by atoms with van der Waals surface area (Å²) >= 11 is 0. The largest absolute Gasteiger partial charge is 0.481 e. The number of hydrogen-bond acceptors (Lipinski definition) is 3. The molecule has 2 rings (SSSR count). The van der Waals surface area contributed by atoms with E-state index in [-0.39, 0.29) is 24.3 Å². The van der Waals surface area contributed by atoms with Crippen LogP contribution in [0.15, 0.2) is 18.2 Å². The van der Waals surface area contributed by atoms with Crippen LogP contribution >= 0.6 is 0 Å². The number of carbonyl (C=O) groups excluding carboxylic acids is 2. The van der Waals surface area contributed by atoms with Crippen molar-refractivity contribution in [3.8, 4) is 5.75 Å². The quantitative estimate of drug-likeness (QED) is 0.865. The minimum absolute atomic E-state index is 0.0328. The van der Waals surface area contributed by atoms with E-state index in [0.717, 1.165) is 0 Å². The molecule has 0 fully saturated rings. The van der Waals surface area contributed by atoms with Gasteiger partial charge in [-0.2, -0.15) is 0 Å². The van der Waals surface area contributed by atoms with Crippen molar-refractivity contribution in [2.24, 2.45) is 5.92 Å². The molecule has 18 heavy (non-hydrogen) atoms. The van der Waals surface area contributed by atoms with Gasteiger partial charge in [0, 0.05) is 24.7 Å². The second-order valence-electron chi connectivity index (χ2n) is 4.57. The van der Waals surface area contributed by atoms with E-state index in [0.29, 0.717) is 17.1 Å². The van der Waals surface area contributed by atoms with Gasteiger partial charge in [-0.3, -0.25) is 9.59 Å². The summed E-state index contributed by atoms with van der Waals surface area (Å²) in [5.41, 5.74) is 1.39. The predicted octanol–water partition coefficient (Wildman–Crippen LogP) is 1.64. The first-order valence-electron chi connectivity index (χ1n) is 5.83. The molecule has 5 nitrogen and oxygen atoms in total. The van der Waals surface area contributed by atoms with Crippen LogP contribution in [0.1, 0.15) is 13.8 Å². The van der Waals surface area contributed by atoms with Gasteiger partial charge >= 0.3 is 0 Å². The van der Waals surface area contributed by atoms with Crippen LogP contribution in [0.3, 0.4) is 0 Å². The Bertz CT molecular complexity index is 497. The summed E-state index contributed by atoms with van der Waals surface area (Å²) in [6.07, 6.45) is 0. The number of rotatable bonds is 2. The number of nitrogens with one attached hydrogen (secondary N) is 1. The minimum atomic E-state index is -0.0820. The maximum absolute atomic E-state index is 11.6. The van der Waals surface area contributed by atoms with Crippen molar-refractivity contribution in [1.29, 1.82) is 0 Å². The van der Waals surface area contributed by atoms with Crippen molar-refractivity contribution in [3.63, 3.8) is 0 Å². The summed E-state index contributed by atoms with van der Waals surface area (Å²) in [4.78, 5) is 24.6. The maximum atomic E-state index is 11.6. The fraction of sp³-hybridized carbons (Fsp3) is 0.385. The van der Waals surface area contributed by atoms with E-state index in [4.69, 9.17) is 4.74 Å². The molecule has 1 N–H and O–H groups in total. The Morgan fingerprint density at radius 2 is 2.17 bits per heavy atom. The second kappa shape index (κ2) is 4.68. The first-order chi connectivity index (χ1) is 8.49. The van der Waals surface area contributed by atoms with E-state index >= 15 is 0 Å². The number of amides is 2. The average molecular weight is 248 g/mol. The van der Waals surface area contributed by atoms with Crippen LogP contribution in [0.4, 0.5) is 11.4 Å². The van der Waals surface area contributed by atoms with Gasteiger partial charge in [-0.05, 0) is 12.1 Å². The van der Waals surface area contributed by atoms with Crippen LogP contribution in [0, 0.1) is 5.92 Å². The molecular formula is C13H16N2O3. The van der Waals surface area contributed by atoms with E-state index in [1.165, 1.54) is 0 Å². The summed E-state index contributed by atoms with van der Waals surface area (Å²) in [6.45, 7) is 3.69. The van der Waals surface area contributed by atoms with Crippen LogP contribution in [0.2, 0.25) is 0 Å². The van der Waals surface area contributed by atoms with E-state index in [1.54, 1.807) is 30.1 Å². The van der Waals surface area contributed by atoms with Crippen molar-refractivity contribution in [1.82, 2.24) is 0 Å². The number of likely N-dealkylation sites (N-methyl/N-ethyl adjacent to an activating group) is 1. The Labute approximate surface area is 106 Å². The lowest BCUT2D eigenvalue weighted by atomic mass is 10.2. The van der Waals surface area contributed by atoms with Gasteiger partial charge in [0.2, 0.25) is 5.91 Å². The number of benzene rings is 1. The standard InChI is InChI=1S/C13H16N2O3/c1-8(2)13(17)14-9-4-5-10-11(6-9)18-7-12(16)15(10)3/h4-6,8H,7H2,1-3H3,(H,14,17). The molecule has 0 aliphatic carbocycles. The molecule has 0 radical (unpaired) electrons. The van der Waals surface area contributed by atoms with Crippen LogP contribution < -0.4 is 15.0 Å². The summed E-state index contributed by atoms with van der Waals surface area (Å²) < 4.78 is 5.35. The molecule has 1 heterocycles. The van der Waals surface area contributed by atoms with Gasteiger partial charge in [0.05, 0.1) is 5.69 Å². The Kier molecular flexibility index (Phi) is 3.23. The summed E-state index contributed by atoms with van der Waals surface area (Å²) in [5, 5.41) is 2.80. The molecule has 0 spiro atoms. The molecule has 1 aromatic rings. The second-order valence-corrected chi connectivity index (χ2v) is 4.57. The number of ether oxygens (including phenoxy) is 1. The molecule has 0 saturated heterocycles. The monoisotopic (exact) mass is 248 g/mol. The fourth-order valence-corrected chi connectivity index (χ4v) is 1.64. The van der Waals surface area contributed by atoms with Crippen molar-refractivity contribution in [2.45, 2.75) is 13.8 Å². The highest BCUT2D eigenvalue weighted by atomic mass is 16.5. The minimum Gasteiger partial charge on any atom is -0.481 e.